The van der Waals surface area contributed by atoms with E-state index in [1.54, 1.807) is 0 Å². The third-order valence-electron chi connectivity index (χ3n) is 16.9. The Kier molecular flexibility index (Phi) is 62.4. The summed E-state index contributed by atoms with van der Waals surface area (Å²) in [5.74, 6) is 0.143. The zero-order valence-corrected chi connectivity index (χ0v) is 61.8. The average Bonchev–Trinajstić information content (AvgIpc) is 1.89. The summed E-state index contributed by atoms with van der Waals surface area (Å²) >= 11 is 0. The van der Waals surface area contributed by atoms with E-state index in [2.05, 4.69) is 48.5 Å². The molecule has 2 unspecified atom stereocenters. The Balaban J connectivity index is 5.19. The van der Waals surface area contributed by atoms with Gasteiger partial charge < -0.3 is 33.8 Å². The van der Waals surface area contributed by atoms with Gasteiger partial charge in [0.2, 0.25) is 0 Å². The summed E-state index contributed by atoms with van der Waals surface area (Å²) < 4.78 is 68.3. The first-order valence-electron chi connectivity index (χ1n) is 37.8. The van der Waals surface area contributed by atoms with Gasteiger partial charge in [0.25, 0.3) is 0 Å². The van der Waals surface area contributed by atoms with Gasteiger partial charge >= 0.3 is 39.5 Å². The first-order chi connectivity index (χ1) is 44.2. The molecule has 0 heterocycles. The maximum atomic E-state index is 13.1. The quantitative estimate of drug-likeness (QED) is 0.0222. The third kappa shape index (κ3) is 66.7. The lowest BCUT2D eigenvalue weighted by molar-refractivity contribution is -0.161. The second-order valence-electron chi connectivity index (χ2n) is 27.8. The summed E-state index contributed by atoms with van der Waals surface area (Å²) in [5.41, 5.74) is 0. The molecule has 0 radical (unpaired) electrons. The number of esters is 4. The zero-order chi connectivity index (χ0) is 68.0. The Bertz CT molecular complexity index is 1800. The molecule has 0 amide bonds. The van der Waals surface area contributed by atoms with Crippen molar-refractivity contribution in [3.8, 4) is 0 Å². The normalized spacial score (nSPS) is 14.1. The van der Waals surface area contributed by atoms with Crippen LogP contribution in [0, 0.1) is 17.8 Å². The van der Waals surface area contributed by atoms with Crippen molar-refractivity contribution in [2.45, 2.75) is 388 Å². The average molecular weight is 1350 g/mol. The molecule has 0 aliphatic carbocycles. The van der Waals surface area contributed by atoms with E-state index in [1.807, 2.05) is 0 Å². The minimum atomic E-state index is -4.95. The topological polar surface area (TPSA) is 237 Å². The maximum Gasteiger partial charge on any atom is 0.472 e. The molecule has 0 rings (SSSR count). The molecule has 0 bridgehead atoms. The fraction of sp³-hybridized carbons (Fsp3) is 0.945. The fourth-order valence-electron chi connectivity index (χ4n) is 11.1. The van der Waals surface area contributed by atoms with Crippen LogP contribution in [0.3, 0.4) is 0 Å². The van der Waals surface area contributed by atoms with E-state index in [0.717, 1.165) is 108 Å². The van der Waals surface area contributed by atoms with E-state index in [4.69, 9.17) is 37.0 Å². The molecular weight excluding hydrogens is 1210 g/mol. The first kappa shape index (κ1) is 90.1. The van der Waals surface area contributed by atoms with Crippen LogP contribution in [0.1, 0.15) is 370 Å². The van der Waals surface area contributed by atoms with E-state index in [1.165, 1.54) is 173 Å². The van der Waals surface area contributed by atoms with Crippen LogP contribution in [-0.2, 0) is 65.4 Å². The predicted octanol–water partition coefficient (Wildman–Crippen LogP) is 21.0. The maximum absolute atomic E-state index is 13.1. The Hall–Kier alpha value is -1.94. The highest BCUT2D eigenvalue weighted by atomic mass is 31.2. The van der Waals surface area contributed by atoms with Gasteiger partial charge in [0, 0.05) is 25.7 Å². The Morgan fingerprint density at radius 3 is 0.739 bits per heavy atom. The first-order valence-corrected chi connectivity index (χ1v) is 40.8. The Morgan fingerprint density at radius 2 is 0.500 bits per heavy atom. The van der Waals surface area contributed by atoms with Crippen molar-refractivity contribution in [2.75, 3.05) is 39.6 Å². The van der Waals surface area contributed by atoms with E-state index in [9.17, 15) is 43.2 Å². The summed E-state index contributed by atoms with van der Waals surface area (Å²) in [6.45, 7) is 11.8. The SMILES string of the molecule is CCCCCCCCCCC(=O)OC[C@H](COP(=O)(O)OC[C@H](O)COP(=O)(O)OC[C@@H](COC(=O)CCCCCCCCCCCCCCCCC(C)C)OC(=O)CCCCCCCCCCCCCCCCCC(C)C)OC(=O)CCCCCCCCC(C)C. The number of unbranched alkanes of at least 4 members (excludes halogenated alkanes) is 39. The van der Waals surface area contributed by atoms with Crippen LogP contribution in [0.2, 0.25) is 0 Å². The van der Waals surface area contributed by atoms with Crippen LogP contribution < -0.4 is 0 Å². The van der Waals surface area contributed by atoms with Crippen LogP contribution in [-0.4, -0.2) is 96.7 Å². The molecular formula is C73H142O17P2. The molecule has 92 heavy (non-hydrogen) atoms. The third-order valence-corrected chi connectivity index (χ3v) is 18.8. The second kappa shape index (κ2) is 63.8. The van der Waals surface area contributed by atoms with Gasteiger partial charge in [0.1, 0.15) is 19.3 Å². The second-order valence-corrected chi connectivity index (χ2v) is 30.7. The van der Waals surface area contributed by atoms with Gasteiger partial charge in [-0.3, -0.25) is 37.3 Å². The van der Waals surface area contributed by atoms with Gasteiger partial charge in [0.05, 0.1) is 26.4 Å². The number of ether oxygens (including phenoxy) is 4. The van der Waals surface area contributed by atoms with Gasteiger partial charge in [-0.15, -0.1) is 0 Å². The van der Waals surface area contributed by atoms with E-state index < -0.39 is 97.5 Å². The summed E-state index contributed by atoms with van der Waals surface area (Å²) in [6.07, 6.45) is 48.9. The highest BCUT2D eigenvalue weighted by molar-refractivity contribution is 7.47. The van der Waals surface area contributed by atoms with Crippen LogP contribution in [0.15, 0.2) is 0 Å². The van der Waals surface area contributed by atoms with Crippen molar-refractivity contribution in [1.29, 1.82) is 0 Å². The van der Waals surface area contributed by atoms with E-state index >= 15 is 0 Å². The van der Waals surface area contributed by atoms with Crippen molar-refractivity contribution in [3.63, 3.8) is 0 Å². The number of hydrogen-bond acceptors (Lipinski definition) is 15. The number of hydrogen-bond donors (Lipinski definition) is 3. The number of aliphatic hydroxyl groups is 1. The van der Waals surface area contributed by atoms with Crippen LogP contribution in [0.4, 0.5) is 0 Å². The van der Waals surface area contributed by atoms with Crippen molar-refractivity contribution in [3.05, 3.63) is 0 Å². The summed E-state index contributed by atoms with van der Waals surface area (Å²) in [4.78, 5) is 72.5. The van der Waals surface area contributed by atoms with E-state index in [-0.39, 0.29) is 25.7 Å². The van der Waals surface area contributed by atoms with Crippen molar-refractivity contribution >= 4 is 39.5 Å². The van der Waals surface area contributed by atoms with Gasteiger partial charge in [-0.1, -0.05) is 318 Å². The van der Waals surface area contributed by atoms with Crippen molar-refractivity contribution in [1.82, 2.24) is 0 Å². The van der Waals surface area contributed by atoms with Gasteiger partial charge in [-0.25, -0.2) is 9.13 Å². The molecule has 19 heteroatoms. The molecule has 0 aliphatic heterocycles. The number of phosphoric ester groups is 2. The van der Waals surface area contributed by atoms with Crippen molar-refractivity contribution < 1.29 is 80.2 Å². The van der Waals surface area contributed by atoms with Crippen molar-refractivity contribution in [2.24, 2.45) is 17.8 Å². The number of carbonyl (C=O) groups excluding carboxylic acids is 4. The number of aliphatic hydroxyl groups excluding tert-OH is 1. The highest BCUT2D eigenvalue weighted by Gasteiger charge is 2.30. The monoisotopic (exact) mass is 1350 g/mol. The summed E-state index contributed by atoms with van der Waals surface area (Å²) in [5, 5.41) is 10.6. The lowest BCUT2D eigenvalue weighted by Gasteiger charge is -2.21. The molecule has 0 saturated heterocycles. The molecule has 0 spiro atoms. The molecule has 0 aromatic carbocycles. The molecule has 0 aromatic heterocycles. The predicted molar refractivity (Wildman–Crippen MR) is 372 cm³/mol. The highest BCUT2D eigenvalue weighted by Crippen LogP contribution is 2.45. The largest absolute Gasteiger partial charge is 0.472 e. The number of carbonyl (C=O) groups is 4. The minimum absolute atomic E-state index is 0.102. The standard InChI is InChI=1S/C73H142O17P2/c1-8-9-10-11-12-32-40-47-54-70(75)83-61-69(90-73(78)57-50-43-36-35-39-46-53-66(6)7)63-88-92(81,82)86-59-67(74)58-85-91(79,80)87-62-68(60-84-71(76)55-48-41-33-28-24-20-17-16-19-23-27-31-38-45-52-65(4)5)89-72(77)56-49-42-34-29-25-21-15-13-14-18-22-26-30-37-44-51-64(2)3/h64-69,74H,8-63H2,1-7H3,(H,79,80)(H,81,82)/t67-,68-,69-/m1/s1. The van der Waals surface area contributed by atoms with Crippen LogP contribution in [0.5, 0.6) is 0 Å². The minimum Gasteiger partial charge on any atom is -0.462 e. The van der Waals surface area contributed by atoms with Gasteiger partial charge in [-0.2, -0.15) is 0 Å². The van der Waals surface area contributed by atoms with E-state index in [0.29, 0.717) is 31.6 Å². The van der Waals surface area contributed by atoms with Gasteiger partial charge in [0.15, 0.2) is 12.2 Å². The lowest BCUT2D eigenvalue weighted by atomic mass is 10.0. The number of phosphoric acid groups is 2. The fourth-order valence-corrected chi connectivity index (χ4v) is 12.7. The molecule has 3 N–H and O–H groups in total. The molecule has 0 aliphatic rings. The Morgan fingerprint density at radius 1 is 0.293 bits per heavy atom. The van der Waals surface area contributed by atoms with Gasteiger partial charge in [-0.05, 0) is 43.4 Å². The molecule has 546 valence electrons. The molecule has 0 saturated carbocycles. The molecule has 0 fully saturated rings. The summed E-state index contributed by atoms with van der Waals surface area (Å²) in [7, 11) is -9.90. The van der Waals surface area contributed by atoms with Crippen LogP contribution >= 0.6 is 15.6 Å². The summed E-state index contributed by atoms with van der Waals surface area (Å²) in [6, 6.07) is 0. The molecule has 17 nitrogen and oxygen atoms in total. The number of rotatable bonds is 71. The van der Waals surface area contributed by atoms with Crippen LogP contribution in [0.25, 0.3) is 0 Å². The Labute approximate surface area is 562 Å². The smallest absolute Gasteiger partial charge is 0.462 e. The molecule has 5 atom stereocenters. The molecule has 0 aromatic rings. The lowest BCUT2D eigenvalue weighted by Crippen LogP contribution is -2.30. The zero-order valence-electron chi connectivity index (χ0n) is 60.0.